The number of amides is 1. The Hall–Kier alpha value is -2.46. The molecule has 0 saturated carbocycles. The maximum atomic E-state index is 12.8. The van der Waals surface area contributed by atoms with Crippen molar-refractivity contribution in [1.82, 2.24) is 9.62 Å². The van der Waals surface area contributed by atoms with Gasteiger partial charge in [0.15, 0.2) is 0 Å². The molecular weight excluding hydrogens is 406 g/mol. The number of nitrogens with one attached hydrogen (secondary N) is 2. The van der Waals surface area contributed by atoms with Crippen LogP contribution in [0.2, 0.25) is 0 Å². The molecule has 1 aliphatic rings. The molecule has 2 aromatic carbocycles. The lowest BCUT2D eigenvalue weighted by atomic mass is 10.2. The number of morpholine rings is 1. The number of rotatable bonds is 8. The second-order valence-electron chi connectivity index (χ2n) is 7.11. The molecule has 0 bridgehead atoms. The summed E-state index contributed by atoms with van der Waals surface area (Å²) in [5, 5.41) is 2.58. The Morgan fingerprint density at radius 2 is 2.00 bits per heavy atom. The Morgan fingerprint density at radius 1 is 1.23 bits per heavy atom. The van der Waals surface area contributed by atoms with E-state index in [0.29, 0.717) is 24.6 Å². The molecule has 2 N–H and O–H groups in total. The first-order valence-electron chi connectivity index (χ1n) is 9.70. The predicted octanol–water partition coefficient (Wildman–Crippen LogP) is 1.83. The molecule has 8 nitrogen and oxygen atoms in total. The van der Waals surface area contributed by atoms with Crippen LogP contribution in [0.1, 0.15) is 12.5 Å². The Labute approximate surface area is 177 Å². The zero-order valence-electron chi connectivity index (χ0n) is 17.1. The Morgan fingerprint density at radius 3 is 2.70 bits per heavy atom. The van der Waals surface area contributed by atoms with Gasteiger partial charge in [0.2, 0.25) is 15.9 Å². The van der Waals surface area contributed by atoms with E-state index in [1.54, 1.807) is 0 Å². The highest BCUT2D eigenvalue weighted by atomic mass is 32.2. The third-order valence-electron chi connectivity index (χ3n) is 4.76. The van der Waals surface area contributed by atoms with Gasteiger partial charge in [0.05, 0.1) is 30.4 Å². The molecule has 9 heteroatoms. The standard InChI is InChI=1S/C21H27N3O5S/c1-16(25)23-20-12-19(8-9-21(20)28-2)30(26,27)22-13-18-15-24(10-11-29-18)14-17-6-4-3-5-7-17/h3-9,12,18,22H,10-11,13-15H2,1-2H3,(H,23,25). The van der Waals surface area contributed by atoms with Crippen molar-refractivity contribution in [2.45, 2.75) is 24.5 Å². The highest BCUT2D eigenvalue weighted by molar-refractivity contribution is 7.89. The topological polar surface area (TPSA) is 97.0 Å². The summed E-state index contributed by atoms with van der Waals surface area (Å²) in [4.78, 5) is 13.7. The quantitative estimate of drug-likeness (QED) is 0.659. The van der Waals surface area contributed by atoms with Crippen LogP contribution >= 0.6 is 0 Å². The molecule has 1 saturated heterocycles. The molecule has 2 aromatic rings. The zero-order valence-corrected chi connectivity index (χ0v) is 17.9. The maximum Gasteiger partial charge on any atom is 0.240 e. The van der Waals surface area contributed by atoms with Crippen LogP contribution in [0.4, 0.5) is 5.69 Å². The molecule has 1 heterocycles. The van der Waals surface area contributed by atoms with Gasteiger partial charge in [0.25, 0.3) is 0 Å². The second-order valence-corrected chi connectivity index (χ2v) is 8.88. The van der Waals surface area contributed by atoms with Gasteiger partial charge in [0, 0.05) is 33.1 Å². The smallest absolute Gasteiger partial charge is 0.240 e. The van der Waals surface area contributed by atoms with Crippen LogP contribution in [0.25, 0.3) is 0 Å². The molecule has 1 atom stereocenters. The summed E-state index contributed by atoms with van der Waals surface area (Å²) < 4.78 is 39.0. The van der Waals surface area contributed by atoms with E-state index >= 15 is 0 Å². The first-order valence-corrected chi connectivity index (χ1v) is 11.2. The Kier molecular flexibility index (Phi) is 7.43. The van der Waals surface area contributed by atoms with Crippen LogP contribution in [-0.2, 0) is 26.1 Å². The van der Waals surface area contributed by atoms with Gasteiger partial charge in [-0.3, -0.25) is 9.69 Å². The summed E-state index contributed by atoms with van der Waals surface area (Å²) in [5.41, 5.74) is 1.51. The molecule has 3 rings (SSSR count). The third-order valence-corrected chi connectivity index (χ3v) is 6.19. The fourth-order valence-corrected chi connectivity index (χ4v) is 4.41. The fraction of sp³-hybridized carbons (Fsp3) is 0.381. The van der Waals surface area contributed by atoms with Crippen molar-refractivity contribution in [3.63, 3.8) is 0 Å². The van der Waals surface area contributed by atoms with E-state index in [-0.39, 0.29) is 23.5 Å². The summed E-state index contributed by atoms with van der Waals surface area (Å²) in [6.07, 6.45) is -0.245. The number of sulfonamides is 1. The zero-order chi connectivity index (χ0) is 21.6. The SMILES string of the molecule is COc1ccc(S(=O)(=O)NCC2CN(Cc3ccccc3)CCO2)cc1NC(C)=O. The van der Waals surface area contributed by atoms with Crippen LogP contribution < -0.4 is 14.8 Å². The van der Waals surface area contributed by atoms with Crippen LogP contribution in [-0.4, -0.2) is 58.7 Å². The van der Waals surface area contributed by atoms with Crippen molar-refractivity contribution in [2.24, 2.45) is 0 Å². The number of ether oxygens (including phenoxy) is 2. The van der Waals surface area contributed by atoms with Gasteiger partial charge in [0.1, 0.15) is 5.75 Å². The fourth-order valence-electron chi connectivity index (χ4n) is 3.32. The summed E-state index contributed by atoms with van der Waals surface area (Å²) in [7, 11) is -2.32. The summed E-state index contributed by atoms with van der Waals surface area (Å²) >= 11 is 0. The number of benzene rings is 2. The number of hydrogen-bond acceptors (Lipinski definition) is 6. The molecule has 0 spiro atoms. The highest BCUT2D eigenvalue weighted by Gasteiger charge is 2.24. The van der Waals surface area contributed by atoms with Crippen LogP contribution in [0, 0.1) is 0 Å². The monoisotopic (exact) mass is 433 g/mol. The Bertz CT molecular complexity index is 966. The van der Waals surface area contributed by atoms with Crippen LogP contribution in [0.5, 0.6) is 5.75 Å². The van der Waals surface area contributed by atoms with Gasteiger partial charge in [-0.2, -0.15) is 0 Å². The number of hydrogen-bond donors (Lipinski definition) is 2. The van der Waals surface area contributed by atoms with Crippen molar-refractivity contribution in [2.75, 3.05) is 38.7 Å². The molecule has 1 fully saturated rings. The van der Waals surface area contributed by atoms with Crippen molar-refractivity contribution in [3.8, 4) is 5.75 Å². The molecular formula is C21H27N3O5S. The average molecular weight is 434 g/mol. The molecule has 0 aromatic heterocycles. The minimum Gasteiger partial charge on any atom is -0.495 e. The molecule has 0 radical (unpaired) electrons. The van der Waals surface area contributed by atoms with E-state index in [4.69, 9.17) is 9.47 Å². The minimum absolute atomic E-state index is 0.0454. The number of anilines is 1. The maximum absolute atomic E-state index is 12.8. The van der Waals surface area contributed by atoms with E-state index in [0.717, 1.165) is 13.1 Å². The summed E-state index contributed by atoms with van der Waals surface area (Å²) in [6, 6.07) is 14.5. The summed E-state index contributed by atoms with van der Waals surface area (Å²) in [5.74, 6) is 0.0706. The number of carbonyl (C=O) groups excluding carboxylic acids is 1. The Balaban J connectivity index is 1.62. The lowest BCUT2D eigenvalue weighted by Gasteiger charge is -2.33. The van der Waals surface area contributed by atoms with Gasteiger partial charge in [-0.1, -0.05) is 30.3 Å². The first kappa shape index (κ1) is 22.2. The first-order chi connectivity index (χ1) is 14.4. The van der Waals surface area contributed by atoms with E-state index in [9.17, 15) is 13.2 Å². The normalized spacial score (nSPS) is 17.5. The van der Waals surface area contributed by atoms with Gasteiger partial charge < -0.3 is 14.8 Å². The van der Waals surface area contributed by atoms with Gasteiger partial charge in [-0.25, -0.2) is 13.1 Å². The highest BCUT2D eigenvalue weighted by Crippen LogP contribution is 2.27. The van der Waals surface area contributed by atoms with Crippen molar-refractivity contribution in [1.29, 1.82) is 0 Å². The van der Waals surface area contributed by atoms with Gasteiger partial charge in [-0.05, 0) is 23.8 Å². The molecule has 1 amide bonds. The molecule has 0 aliphatic carbocycles. The van der Waals surface area contributed by atoms with Gasteiger partial charge >= 0.3 is 0 Å². The van der Waals surface area contributed by atoms with Crippen molar-refractivity contribution < 1.29 is 22.7 Å². The largest absolute Gasteiger partial charge is 0.495 e. The van der Waals surface area contributed by atoms with Crippen molar-refractivity contribution >= 4 is 21.6 Å². The number of nitrogens with zero attached hydrogens (tertiary/aromatic N) is 1. The van der Waals surface area contributed by atoms with E-state index < -0.39 is 10.0 Å². The van der Waals surface area contributed by atoms with Gasteiger partial charge in [-0.15, -0.1) is 0 Å². The molecule has 1 unspecified atom stereocenters. The number of methoxy groups -OCH3 is 1. The lowest BCUT2D eigenvalue weighted by Crippen LogP contribution is -2.47. The van der Waals surface area contributed by atoms with Crippen LogP contribution in [0.3, 0.4) is 0 Å². The molecule has 30 heavy (non-hydrogen) atoms. The minimum atomic E-state index is -3.77. The second kappa shape index (κ2) is 10.0. The summed E-state index contributed by atoms with van der Waals surface area (Å²) in [6.45, 7) is 4.30. The molecule has 1 aliphatic heterocycles. The van der Waals surface area contributed by atoms with Crippen LogP contribution in [0.15, 0.2) is 53.4 Å². The van der Waals surface area contributed by atoms with E-state index in [1.807, 2.05) is 18.2 Å². The van der Waals surface area contributed by atoms with E-state index in [1.165, 1.54) is 37.8 Å². The van der Waals surface area contributed by atoms with Crippen molar-refractivity contribution in [3.05, 3.63) is 54.1 Å². The predicted molar refractivity (Wildman–Crippen MR) is 114 cm³/mol. The average Bonchev–Trinajstić information content (AvgIpc) is 2.73. The lowest BCUT2D eigenvalue weighted by molar-refractivity contribution is -0.114. The number of carbonyl (C=O) groups is 1. The third kappa shape index (κ3) is 6.02. The van der Waals surface area contributed by atoms with E-state index in [2.05, 4.69) is 27.1 Å². The molecule has 162 valence electrons.